The van der Waals surface area contributed by atoms with Crippen LogP contribution in [0.2, 0.25) is 0 Å². The Hall–Kier alpha value is -2.46. The number of amides is 1. The van der Waals surface area contributed by atoms with Gasteiger partial charge in [-0.1, -0.05) is 0 Å². The van der Waals surface area contributed by atoms with Crippen molar-refractivity contribution in [2.45, 2.75) is 54.1 Å². The highest BCUT2D eigenvalue weighted by atomic mass is 32.1. The lowest BCUT2D eigenvalue weighted by molar-refractivity contribution is 0.0601. The summed E-state index contributed by atoms with van der Waals surface area (Å²) >= 11 is 6.71. The van der Waals surface area contributed by atoms with Crippen molar-refractivity contribution in [1.82, 2.24) is 20.0 Å². The van der Waals surface area contributed by atoms with Crippen molar-refractivity contribution < 1.29 is 14.3 Å². The summed E-state index contributed by atoms with van der Waals surface area (Å²) < 4.78 is 6.88. The van der Waals surface area contributed by atoms with Gasteiger partial charge in [0, 0.05) is 30.9 Å². The molecule has 1 unspecified atom stereocenters. The molecule has 0 bridgehead atoms. The zero-order valence-corrected chi connectivity index (χ0v) is 20.8. The highest BCUT2D eigenvalue weighted by molar-refractivity contribution is 7.80. The number of aromatic nitrogens is 2. The van der Waals surface area contributed by atoms with Gasteiger partial charge in [0.2, 0.25) is 0 Å². The number of hydrogen-bond acceptors (Lipinski definition) is 6. The Morgan fingerprint density at radius 3 is 2.45 bits per heavy atom. The number of nitrogens with zero attached hydrogens (tertiary/aromatic N) is 3. The van der Waals surface area contributed by atoms with Gasteiger partial charge in [-0.15, -0.1) is 11.3 Å². The fourth-order valence-electron chi connectivity index (χ4n) is 3.43. The molecular weight excluding hydrogens is 434 g/mol. The fraction of sp³-hybridized carbons (Fsp3) is 0.524. The quantitative estimate of drug-likeness (QED) is 0.451. The van der Waals surface area contributed by atoms with Gasteiger partial charge in [0.05, 0.1) is 29.8 Å². The summed E-state index contributed by atoms with van der Waals surface area (Å²) in [6, 6.07) is -0.0836. The summed E-state index contributed by atoms with van der Waals surface area (Å²) in [5.74, 6) is -0.619. The average molecular weight is 466 g/mol. The molecule has 0 saturated heterocycles. The van der Waals surface area contributed by atoms with Crippen LogP contribution < -0.4 is 10.6 Å². The van der Waals surface area contributed by atoms with Crippen LogP contribution in [-0.2, 0) is 11.3 Å². The van der Waals surface area contributed by atoms with E-state index in [9.17, 15) is 9.59 Å². The topological polar surface area (TPSA) is 88.5 Å². The molecule has 2 aromatic heterocycles. The van der Waals surface area contributed by atoms with E-state index in [0.717, 1.165) is 17.8 Å². The molecule has 0 fully saturated rings. The van der Waals surface area contributed by atoms with Crippen LogP contribution in [0.15, 0.2) is 6.20 Å². The number of ether oxygens (including phenoxy) is 1. The smallest absolute Gasteiger partial charge is 0.341 e. The predicted molar refractivity (Wildman–Crippen MR) is 128 cm³/mol. The number of aryl methyl sites for hydroxylation is 1. The summed E-state index contributed by atoms with van der Waals surface area (Å²) in [6.07, 6.45) is 1.83. The molecule has 31 heavy (non-hydrogen) atoms. The Kier molecular flexibility index (Phi) is 8.58. The number of carbonyl (C=O) groups is 2. The van der Waals surface area contributed by atoms with Crippen LogP contribution in [0, 0.1) is 13.8 Å². The molecule has 0 aliphatic carbocycles. The SMILES string of the molecule is CCN(CC)C(=O)c1sc(NC(=S)NC(C)c2cnn(CC)c2C)c(C(=O)OC)c1C. The highest BCUT2D eigenvalue weighted by Gasteiger charge is 2.27. The number of carbonyl (C=O) groups excluding carboxylic acids is 2. The first-order valence-electron chi connectivity index (χ1n) is 10.3. The minimum atomic E-state index is -0.509. The lowest BCUT2D eigenvalue weighted by Crippen LogP contribution is -2.31. The molecule has 0 aliphatic heterocycles. The van der Waals surface area contributed by atoms with E-state index in [1.165, 1.54) is 18.4 Å². The summed E-state index contributed by atoms with van der Waals surface area (Å²) in [6.45, 7) is 13.6. The first-order valence-corrected chi connectivity index (χ1v) is 11.5. The number of rotatable bonds is 8. The minimum absolute atomic E-state index is 0.0836. The van der Waals surface area contributed by atoms with E-state index >= 15 is 0 Å². The minimum Gasteiger partial charge on any atom is -0.465 e. The Labute approximate surface area is 193 Å². The van der Waals surface area contributed by atoms with Crippen molar-refractivity contribution in [1.29, 1.82) is 0 Å². The van der Waals surface area contributed by atoms with Crippen molar-refractivity contribution in [3.05, 3.63) is 33.5 Å². The Morgan fingerprint density at radius 1 is 1.29 bits per heavy atom. The van der Waals surface area contributed by atoms with E-state index in [0.29, 0.717) is 39.2 Å². The van der Waals surface area contributed by atoms with Gasteiger partial charge >= 0.3 is 5.97 Å². The normalized spacial score (nSPS) is 11.7. The molecule has 0 saturated carbocycles. The number of esters is 1. The third-order valence-corrected chi connectivity index (χ3v) is 6.68. The van der Waals surface area contributed by atoms with Crippen LogP contribution in [0.5, 0.6) is 0 Å². The van der Waals surface area contributed by atoms with Crippen molar-refractivity contribution in [2.75, 3.05) is 25.5 Å². The second kappa shape index (κ2) is 10.7. The Morgan fingerprint density at radius 2 is 1.94 bits per heavy atom. The highest BCUT2D eigenvalue weighted by Crippen LogP contribution is 2.34. The largest absolute Gasteiger partial charge is 0.465 e. The maximum Gasteiger partial charge on any atom is 0.341 e. The lowest BCUT2D eigenvalue weighted by atomic mass is 10.1. The summed E-state index contributed by atoms with van der Waals surface area (Å²) in [5, 5.41) is 11.6. The zero-order chi connectivity index (χ0) is 23.3. The van der Waals surface area contributed by atoms with Gasteiger partial charge in [-0.3, -0.25) is 9.48 Å². The number of hydrogen-bond donors (Lipinski definition) is 2. The molecule has 8 nitrogen and oxygen atoms in total. The molecule has 0 aromatic carbocycles. The second-order valence-corrected chi connectivity index (χ2v) is 8.48. The van der Waals surface area contributed by atoms with E-state index in [1.807, 2.05) is 45.5 Å². The summed E-state index contributed by atoms with van der Waals surface area (Å²) in [4.78, 5) is 27.6. The van der Waals surface area contributed by atoms with Crippen molar-refractivity contribution in [3.63, 3.8) is 0 Å². The maximum atomic E-state index is 12.9. The van der Waals surface area contributed by atoms with Gasteiger partial charge in [-0.2, -0.15) is 5.10 Å². The molecule has 2 N–H and O–H groups in total. The van der Waals surface area contributed by atoms with Gasteiger partial charge in [0.25, 0.3) is 5.91 Å². The van der Waals surface area contributed by atoms with Gasteiger partial charge < -0.3 is 20.3 Å². The monoisotopic (exact) mass is 465 g/mol. The van der Waals surface area contributed by atoms with E-state index in [2.05, 4.69) is 15.7 Å². The van der Waals surface area contributed by atoms with Crippen LogP contribution >= 0.6 is 23.6 Å². The summed E-state index contributed by atoms with van der Waals surface area (Å²) in [5.41, 5.74) is 3.03. The molecule has 0 spiro atoms. The van der Waals surface area contributed by atoms with Crippen LogP contribution in [0.25, 0.3) is 0 Å². The van der Waals surface area contributed by atoms with Crippen LogP contribution in [-0.4, -0.2) is 51.9 Å². The Balaban J connectivity index is 2.29. The molecule has 0 radical (unpaired) electrons. The van der Waals surface area contributed by atoms with E-state index in [4.69, 9.17) is 17.0 Å². The molecule has 1 amide bonds. The molecule has 170 valence electrons. The first-order chi connectivity index (χ1) is 14.7. The lowest BCUT2D eigenvalue weighted by Gasteiger charge is -2.18. The van der Waals surface area contributed by atoms with Crippen LogP contribution in [0.1, 0.15) is 70.6 Å². The molecule has 2 rings (SSSR count). The standard InChI is InChI=1S/C21H31N5O3S2/c1-8-25(9-2)19(27)17-12(4)16(20(28)29-7)18(31-17)24-21(30)23-13(5)15-11-22-26(10-3)14(15)6/h11,13H,8-10H2,1-7H3,(H2,23,24,30). The molecule has 0 aliphatic rings. The van der Waals surface area contributed by atoms with Gasteiger partial charge in [0.15, 0.2) is 5.11 Å². The third kappa shape index (κ3) is 5.24. The zero-order valence-electron chi connectivity index (χ0n) is 19.2. The molecule has 2 heterocycles. The second-order valence-electron chi connectivity index (χ2n) is 7.05. The van der Waals surface area contributed by atoms with E-state index in [1.54, 1.807) is 11.8 Å². The number of nitrogens with one attached hydrogen (secondary N) is 2. The predicted octanol–water partition coefficient (Wildman–Crippen LogP) is 3.90. The Bertz CT molecular complexity index is 963. The molecule has 1 atom stereocenters. The van der Waals surface area contributed by atoms with Gasteiger partial charge in [0.1, 0.15) is 5.00 Å². The van der Waals surface area contributed by atoms with Crippen molar-refractivity contribution in [3.8, 4) is 0 Å². The van der Waals surface area contributed by atoms with Crippen molar-refractivity contribution >= 4 is 45.5 Å². The van der Waals surface area contributed by atoms with Gasteiger partial charge in [-0.25, -0.2) is 4.79 Å². The average Bonchev–Trinajstić information content (AvgIpc) is 3.27. The number of thiocarbonyl (C=S) groups is 1. The number of thiophene rings is 1. The van der Waals surface area contributed by atoms with Crippen LogP contribution in [0.4, 0.5) is 5.00 Å². The van der Waals surface area contributed by atoms with Gasteiger partial charge in [-0.05, 0) is 59.3 Å². The number of anilines is 1. The number of methoxy groups -OCH3 is 1. The fourth-order valence-corrected chi connectivity index (χ4v) is 4.94. The summed E-state index contributed by atoms with van der Waals surface area (Å²) in [7, 11) is 1.32. The first kappa shape index (κ1) is 24.8. The van der Waals surface area contributed by atoms with Crippen molar-refractivity contribution in [2.24, 2.45) is 0 Å². The molecule has 10 heteroatoms. The van der Waals surface area contributed by atoms with E-state index < -0.39 is 5.97 Å². The van der Waals surface area contributed by atoms with E-state index in [-0.39, 0.29) is 11.9 Å². The third-order valence-electron chi connectivity index (χ3n) is 5.26. The maximum absolute atomic E-state index is 12.9. The van der Waals surface area contributed by atoms with Crippen LogP contribution in [0.3, 0.4) is 0 Å². The molecule has 2 aromatic rings. The molecular formula is C21H31N5O3S2.